The highest BCUT2D eigenvalue weighted by atomic mass is 16.5. The normalized spacial score (nSPS) is 17.9. The molecule has 4 aromatic rings. The van der Waals surface area contributed by atoms with Crippen LogP contribution in [0.1, 0.15) is 28.2 Å². The Labute approximate surface area is 228 Å². The molecule has 0 bridgehead atoms. The third kappa shape index (κ3) is 5.84. The number of carbonyl (C=O) groups is 1. The lowest BCUT2D eigenvalue weighted by atomic mass is 10.1. The Bertz CT molecular complexity index is 1430. The summed E-state index contributed by atoms with van der Waals surface area (Å²) in [7, 11) is 0. The highest BCUT2D eigenvalue weighted by Gasteiger charge is 2.26. The van der Waals surface area contributed by atoms with Crippen molar-refractivity contribution in [1.82, 2.24) is 30.2 Å². The molecule has 1 aromatic carbocycles. The first-order valence-corrected chi connectivity index (χ1v) is 13.5. The van der Waals surface area contributed by atoms with Gasteiger partial charge in [0.25, 0.3) is 5.91 Å². The Morgan fingerprint density at radius 2 is 1.92 bits per heavy atom. The molecule has 3 aromatic heterocycles. The summed E-state index contributed by atoms with van der Waals surface area (Å²) in [6, 6.07) is 16.6. The number of H-pyrrole nitrogens is 1. The number of amides is 1. The molecule has 5 heterocycles. The van der Waals surface area contributed by atoms with Crippen LogP contribution < -0.4 is 10.2 Å². The lowest BCUT2D eigenvalue weighted by molar-refractivity contribution is 0.0932. The first kappa shape index (κ1) is 25.2. The highest BCUT2D eigenvalue weighted by Crippen LogP contribution is 2.27. The number of aromatic amines is 1. The summed E-state index contributed by atoms with van der Waals surface area (Å²) in [4.78, 5) is 34.7. The molecule has 2 fully saturated rings. The lowest BCUT2D eigenvalue weighted by Gasteiger charge is -2.28. The van der Waals surface area contributed by atoms with Gasteiger partial charge in [-0.2, -0.15) is 0 Å². The molecule has 6 rings (SSSR count). The molecule has 200 valence electrons. The van der Waals surface area contributed by atoms with E-state index in [9.17, 15) is 4.79 Å². The molecule has 2 aliphatic rings. The van der Waals surface area contributed by atoms with Crippen molar-refractivity contribution in [2.45, 2.75) is 25.9 Å². The molecule has 2 aliphatic heterocycles. The van der Waals surface area contributed by atoms with Gasteiger partial charge < -0.3 is 19.9 Å². The summed E-state index contributed by atoms with van der Waals surface area (Å²) in [6.45, 7) is 7.73. The fourth-order valence-corrected chi connectivity index (χ4v) is 5.31. The van der Waals surface area contributed by atoms with Crippen molar-refractivity contribution in [3.05, 3.63) is 84.1 Å². The number of hydrogen-bond donors (Lipinski definition) is 2. The number of nitrogens with zero attached hydrogens (tertiary/aromatic N) is 5. The first-order chi connectivity index (χ1) is 19.1. The van der Waals surface area contributed by atoms with E-state index >= 15 is 0 Å². The predicted octanol–water partition coefficient (Wildman–Crippen LogP) is 3.68. The zero-order valence-electron chi connectivity index (χ0n) is 22.1. The minimum absolute atomic E-state index is 0.105. The monoisotopic (exact) mass is 523 g/mol. The van der Waals surface area contributed by atoms with Crippen LogP contribution in [0.25, 0.3) is 22.6 Å². The average molecular weight is 524 g/mol. The summed E-state index contributed by atoms with van der Waals surface area (Å²) in [5.41, 5.74) is 6.19. The van der Waals surface area contributed by atoms with Crippen LogP contribution in [-0.2, 0) is 11.3 Å². The summed E-state index contributed by atoms with van der Waals surface area (Å²) in [6.07, 6.45) is 6.44. The SMILES string of the molecule is Cc1[nH]c(-c2cc(-c3cncc(N4CCOCC4)c3)ccn2)nc1C(=O)N[C@@H]1CCN(Cc2ccccc2)C1. The van der Waals surface area contributed by atoms with E-state index in [1.165, 1.54) is 5.56 Å². The number of ether oxygens (including phenoxy) is 1. The number of likely N-dealkylation sites (tertiary alicyclic amines) is 1. The van der Waals surface area contributed by atoms with Crippen LogP contribution >= 0.6 is 0 Å². The summed E-state index contributed by atoms with van der Waals surface area (Å²) in [5, 5.41) is 3.19. The van der Waals surface area contributed by atoms with Crippen molar-refractivity contribution in [1.29, 1.82) is 0 Å². The van der Waals surface area contributed by atoms with Crippen molar-refractivity contribution in [2.24, 2.45) is 0 Å². The van der Waals surface area contributed by atoms with Gasteiger partial charge >= 0.3 is 0 Å². The second kappa shape index (κ2) is 11.3. The van der Waals surface area contributed by atoms with Crippen LogP contribution in [0, 0.1) is 6.92 Å². The van der Waals surface area contributed by atoms with Crippen LogP contribution in [0.2, 0.25) is 0 Å². The number of aryl methyl sites for hydroxylation is 1. The van der Waals surface area contributed by atoms with Gasteiger partial charge in [0.1, 0.15) is 11.4 Å². The zero-order chi connectivity index (χ0) is 26.6. The molecule has 0 saturated carbocycles. The maximum atomic E-state index is 13.2. The van der Waals surface area contributed by atoms with Gasteiger partial charge in [0.05, 0.1) is 25.1 Å². The van der Waals surface area contributed by atoms with Gasteiger partial charge in [0.15, 0.2) is 5.82 Å². The number of pyridine rings is 2. The molecule has 0 radical (unpaired) electrons. The maximum absolute atomic E-state index is 13.2. The van der Waals surface area contributed by atoms with Gasteiger partial charge in [-0.1, -0.05) is 30.3 Å². The molecule has 1 atom stereocenters. The van der Waals surface area contributed by atoms with Crippen LogP contribution in [0.15, 0.2) is 67.1 Å². The number of carbonyl (C=O) groups excluding carboxylic acids is 1. The number of benzene rings is 1. The molecule has 9 heteroatoms. The number of hydrogen-bond acceptors (Lipinski definition) is 7. The van der Waals surface area contributed by atoms with Gasteiger partial charge in [-0.3, -0.25) is 19.7 Å². The van der Waals surface area contributed by atoms with E-state index in [2.05, 4.69) is 65.4 Å². The average Bonchev–Trinajstić information content (AvgIpc) is 3.60. The summed E-state index contributed by atoms with van der Waals surface area (Å²) < 4.78 is 5.48. The quantitative estimate of drug-likeness (QED) is 0.381. The van der Waals surface area contributed by atoms with Crippen molar-refractivity contribution in [3.8, 4) is 22.6 Å². The third-order valence-corrected chi connectivity index (χ3v) is 7.39. The molecular weight excluding hydrogens is 490 g/mol. The number of imidazole rings is 1. The minimum Gasteiger partial charge on any atom is -0.378 e. The van der Waals surface area contributed by atoms with Crippen molar-refractivity contribution in [3.63, 3.8) is 0 Å². The number of rotatable bonds is 7. The van der Waals surface area contributed by atoms with Gasteiger partial charge in [0, 0.05) is 62.4 Å². The van der Waals surface area contributed by atoms with Crippen LogP contribution in [0.4, 0.5) is 5.69 Å². The van der Waals surface area contributed by atoms with E-state index in [1.807, 2.05) is 37.5 Å². The number of anilines is 1. The molecule has 0 aliphatic carbocycles. The zero-order valence-corrected chi connectivity index (χ0v) is 22.1. The molecule has 2 N–H and O–H groups in total. The van der Waals surface area contributed by atoms with Gasteiger partial charge in [-0.15, -0.1) is 0 Å². The fourth-order valence-electron chi connectivity index (χ4n) is 5.31. The smallest absolute Gasteiger partial charge is 0.272 e. The highest BCUT2D eigenvalue weighted by molar-refractivity contribution is 5.94. The molecule has 9 nitrogen and oxygen atoms in total. The van der Waals surface area contributed by atoms with E-state index < -0.39 is 0 Å². The van der Waals surface area contributed by atoms with E-state index in [0.717, 1.165) is 74.9 Å². The second-order valence-corrected chi connectivity index (χ2v) is 10.2. The van der Waals surface area contributed by atoms with Gasteiger partial charge in [0.2, 0.25) is 0 Å². The standard InChI is InChI=1S/C30H33N7O2/c1-21-28(30(38)34-25-8-10-36(20-25)19-22-5-3-2-4-6-22)35-29(33-21)27-16-23(7-9-32-27)24-15-26(18-31-17-24)37-11-13-39-14-12-37/h2-7,9,15-18,25H,8,10-14,19-20H2,1H3,(H,33,35)(H,34,38)/t25-/m1/s1. The van der Waals surface area contributed by atoms with E-state index in [0.29, 0.717) is 17.2 Å². The maximum Gasteiger partial charge on any atom is 0.272 e. The van der Waals surface area contributed by atoms with Gasteiger partial charge in [-0.25, -0.2) is 4.98 Å². The third-order valence-electron chi connectivity index (χ3n) is 7.39. The lowest BCUT2D eigenvalue weighted by Crippen LogP contribution is -2.37. The van der Waals surface area contributed by atoms with Crippen LogP contribution in [0.3, 0.4) is 0 Å². The Morgan fingerprint density at radius 3 is 2.77 bits per heavy atom. The number of aromatic nitrogens is 4. The minimum atomic E-state index is -0.153. The number of morpholine rings is 1. The van der Waals surface area contributed by atoms with Crippen molar-refractivity contribution >= 4 is 11.6 Å². The molecule has 1 amide bonds. The van der Waals surface area contributed by atoms with Crippen LogP contribution in [0.5, 0.6) is 0 Å². The second-order valence-electron chi connectivity index (χ2n) is 10.2. The summed E-state index contributed by atoms with van der Waals surface area (Å²) >= 11 is 0. The molecular formula is C30H33N7O2. The fraction of sp³-hybridized carbons (Fsp3) is 0.333. The Balaban J connectivity index is 1.13. The molecule has 0 unspecified atom stereocenters. The van der Waals surface area contributed by atoms with E-state index in [4.69, 9.17) is 4.74 Å². The Kier molecular flexibility index (Phi) is 7.33. The molecule has 2 saturated heterocycles. The number of nitrogens with one attached hydrogen (secondary N) is 2. The van der Waals surface area contributed by atoms with E-state index in [1.54, 1.807) is 6.20 Å². The Hall–Kier alpha value is -4.08. The van der Waals surface area contributed by atoms with Crippen molar-refractivity contribution in [2.75, 3.05) is 44.3 Å². The topological polar surface area (TPSA) is 99.3 Å². The first-order valence-electron chi connectivity index (χ1n) is 13.5. The van der Waals surface area contributed by atoms with Crippen molar-refractivity contribution < 1.29 is 9.53 Å². The summed E-state index contributed by atoms with van der Waals surface area (Å²) in [5.74, 6) is 0.425. The van der Waals surface area contributed by atoms with Gasteiger partial charge in [-0.05, 0) is 42.7 Å². The molecule has 39 heavy (non-hydrogen) atoms. The predicted molar refractivity (Wildman–Crippen MR) is 150 cm³/mol. The Morgan fingerprint density at radius 1 is 1.08 bits per heavy atom. The largest absolute Gasteiger partial charge is 0.378 e. The molecule has 0 spiro atoms. The van der Waals surface area contributed by atoms with Crippen LogP contribution in [-0.4, -0.2) is 76.2 Å². The van der Waals surface area contributed by atoms with E-state index in [-0.39, 0.29) is 11.9 Å².